The maximum Gasteiger partial charge on any atom is 0.244 e. The van der Waals surface area contributed by atoms with E-state index in [0.717, 1.165) is 17.8 Å². The minimum absolute atomic E-state index is 0.0453. The van der Waals surface area contributed by atoms with Gasteiger partial charge in [-0.05, 0) is 25.8 Å². The summed E-state index contributed by atoms with van der Waals surface area (Å²) >= 11 is 6.28. The fourth-order valence-corrected chi connectivity index (χ4v) is 2.17. The molecule has 0 aromatic carbocycles. The number of halogens is 1. The molecule has 0 aliphatic heterocycles. The van der Waals surface area contributed by atoms with Crippen LogP contribution in [0, 0.1) is 12.8 Å². The molecule has 0 atom stereocenters. The first kappa shape index (κ1) is 18.2. The van der Waals surface area contributed by atoms with E-state index in [-0.39, 0.29) is 18.4 Å². The van der Waals surface area contributed by atoms with Gasteiger partial charge in [0, 0.05) is 24.7 Å². The van der Waals surface area contributed by atoms with Crippen molar-refractivity contribution >= 4 is 29.5 Å². The van der Waals surface area contributed by atoms with Gasteiger partial charge in [0.1, 0.15) is 5.15 Å². The second-order valence-corrected chi connectivity index (χ2v) is 5.73. The molecule has 0 bridgehead atoms. The van der Waals surface area contributed by atoms with Gasteiger partial charge in [0.05, 0.1) is 12.2 Å². The molecule has 1 rings (SSSR count). The van der Waals surface area contributed by atoms with Crippen LogP contribution in [0.25, 0.3) is 6.08 Å². The molecule has 0 radical (unpaired) electrons. The Morgan fingerprint density at radius 2 is 2.05 bits per heavy atom. The molecule has 0 aliphatic rings. The van der Waals surface area contributed by atoms with Crippen molar-refractivity contribution in [3.8, 4) is 0 Å². The van der Waals surface area contributed by atoms with Gasteiger partial charge >= 0.3 is 0 Å². The Balaban J connectivity index is 2.68. The van der Waals surface area contributed by atoms with E-state index in [1.54, 1.807) is 10.8 Å². The molecule has 0 saturated carbocycles. The Hall–Kier alpha value is -1.82. The monoisotopic (exact) mass is 326 g/mol. The molecule has 1 aromatic rings. The van der Waals surface area contributed by atoms with Gasteiger partial charge in [-0.1, -0.05) is 25.4 Å². The number of nitrogens with one attached hydrogen (secondary N) is 2. The first-order chi connectivity index (χ1) is 10.3. The summed E-state index contributed by atoms with van der Waals surface area (Å²) in [5.74, 6) is -0.143. The van der Waals surface area contributed by atoms with E-state index >= 15 is 0 Å². The number of likely N-dealkylation sites (N-methyl/N-ethyl adjacent to an activating group) is 1. The number of aromatic nitrogens is 2. The Morgan fingerprint density at radius 3 is 2.64 bits per heavy atom. The average molecular weight is 327 g/mol. The standard InChI is InChI=1S/C15H23ClN4O2/c1-5-17-14(22)8-18-13(21)7-6-12-11(4)19-20(15(12)16)9-10(2)3/h6-7,10H,5,8-9H2,1-4H3,(H,17,22)(H,18,21)/b7-6+. The SMILES string of the molecule is CCNC(=O)CNC(=O)/C=C/c1c(C)nn(CC(C)C)c1Cl. The van der Waals surface area contributed by atoms with Crippen molar-refractivity contribution in [1.29, 1.82) is 0 Å². The minimum Gasteiger partial charge on any atom is -0.355 e. The lowest BCUT2D eigenvalue weighted by Crippen LogP contribution is -2.35. The molecule has 2 amide bonds. The number of hydrogen-bond acceptors (Lipinski definition) is 3. The number of carbonyl (C=O) groups excluding carboxylic acids is 2. The predicted octanol–water partition coefficient (Wildman–Crippen LogP) is 1.77. The summed E-state index contributed by atoms with van der Waals surface area (Å²) in [5, 5.41) is 9.99. The topological polar surface area (TPSA) is 76.0 Å². The highest BCUT2D eigenvalue weighted by atomic mass is 35.5. The highest BCUT2D eigenvalue weighted by Gasteiger charge is 2.12. The van der Waals surface area contributed by atoms with Crippen LogP contribution in [0.2, 0.25) is 5.15 Å². The second kappa shape index (κ2) is 8.58. The molecule has 2 N–H and O–H groups in total. The molecule has 0 saturated heterocycles. The molecule has 7 heteroatoms. The highest BCUT2D eigenvalue weighted by molar-refractivity contribution is 6.31. The van der Waals surface area contributed by atoms with Crippen molar-refractivity contribution in [3.63, 3.8) is 0 Å². The van der Waals surface area contributed by atoms with Crippen molar-refractivity contribution in [2.45, 2.75) is 34.2 Å². The van der Waals surface area contributed by atoms with Gasteiger partial charge in [-0.25, -0.2) is 0 Å². The first-order valence-electron chi connectivity index (χ1n) is 7.30. The molecule has 6 nitrogen and oxygen atoms in total. The molecule has 0 spiro atoms. The fourth-order valence-electron chi connectivity index (χ4n) is 1.87. The van der Waals surface area contributed by atoms with Crippen LogP contribution in [0.15, 0.2) is 6.08 Å². The van der Waals surface area contributed by atoms with Crippen LogP contribution in [0.1, 0.15) is 32.0 Å². The third-order valence-corrected chi connectivity index (χ3v) is 3.24. The number of nitrogens with zero attached hydrogens (tertiary/aromatic N) is 2. The molecule has 122 valence electrons. The summed E-state index contributed by atoms with van der Waals surface area (Å²) in [5.41, 5.74) is 1.48. The van der Waals surface area contributed by atoms with Crippen LogP contribution in [0.3, 0.4) is 0 Å². The molecule has 0 aliphatic carbocycles. The summed E-state index contributed by atoms with van der Waals surface area (Å²) in [6.07, 6.45) is 2.98. The number of carbonyl (C=O) groups is 2. The van der Waals surface area contributed by atoms with E-state index < -0.39 is 0 Å². The van der Waals surface area contributed by atoms with Gasteiger partial charge in [-0.2, -0.15) is 5.10 Å². The van der Waals surface area contributed by atoms with E-state index in [1.165, 1.54) is 6.08 Å². The lowest BCUT2D eigenvalue weighted by Gasteiger charge is -2.05. The van der Waals surface area contributed by atoms with Crippen LogP contribution < -0.4 is 10.6 Å². The van der Waals surface area contributed by atoms with Crippen LogP contribution >= 0.6 is 11.6 Å². The van der Waals surface area contributed by atoms with Crippen LogP contribution in [0.4, 0.5) is 0 Å². The smallest absolute Gasteiger partial charge is 0.244 e. The van der Waals surface area contributed by atoms with Gasteiger partial charge < -0.3 is 10.6 Å². The van der Waals surface area contributed by atoms with E-state index in [9.17, 15) is 9.59 Å². The molecule has 0 unspecified atom stereocenters. The van der Waals surface area contributed by atoms with Gasteiger partial charge in [0.15, 0.2) is 0 Å². The van der Waals surface area contributed by atoms with Crippen LogP contribution in [0.5, 0.6) is 0 Å². The van der Waals surface area contributed by atoms with Crippen LogP contribution in [-0.4, -0.2) is 34.7 Å². The third kappa shape index (κ3) is 5.52. The summed E-state index contributed by atoms with van der Waals surface area (Å²) in [7, 11) is 0. The zero-order chi connectivity index (χ0) is 16.7. The third-order valence-electron chi connectivity index (χ3n) is 2.85. The van der Waals surface area contributed by atoms with Crippen LogP contribution in [-0.2, 0) is 16.1 Å². The molecule has 1 aromatic heterocycles. The predicted molar refractivity (Wildman–Crippen MR) is 87.5 cm³/mol. The number of hydrogen-bond donors (Lipinski definition) is 2. The van der Waals surface area contributed by atoms with Crippen molar-refractivity contribution in [2.24, 2.45) is 5.92 Å². The van der Waals surface area contributed by atoms with Gasteiger partial charge in [0.25, 0.3) is 0 Å². The summed E-state index contributed by atoms with van der Waals surface area (Å²) in [6, 6.07) is 0. The van der Waals surface area contributed by atoms with Crippen molar-refractivity contribution in [2.75, 3.05) is 13.1 Å². The fraction of sp³-hybridized carbons (Fsp3) is 0.533. The first-order valence-corrected chi connectivity index (χ1v) is 7.68. The van der Waals surface area contributed by atoms with E-state index in [1.807, 2.05) is 13.8 Å². The van der Waals surface area contributed by atoms with Gasteiger partial charge in [-0.3, -0.25) is 14.3 Å². The minimum atomic E-state index is -0.349. The van der Waals surface area contributed by atoms with E-state index in [4.69, 9.17) is 11.6 Å². The molecule has 1 heterocycles. The van der Waals surface area contributed by atoms with Gasteiger partial charge in [-0.15, -0.1) is 0 Å². The second-order valence-electron chi connectivity index (χ2n) is 5.37. The number of aryl methyl sites for hydroxylation is 1. The Labute approximate surface area is 135 Å². The molecule has 22 heavy (non-hydrogen) atoms. The summed E-state index contributed by atoms with van der Waals surface area (Å²) in [6.45, 7) is 9.03. The number of amides is 2. The quantitative estimate of drug-likeness (QED) is 0.750. The maximum absolute atomic E-state index is 11.7. The van der Waals surface area contributed by atoms with Crippen molar-refractivity contribution in [3.05, 3.63) is 22.5 Å². The number of rotatable bonds is 7. The summed E-state index contributed by atoms with van der Waals surface area (Å²) < 4.78 is 1.73. The average Bonchev–Trinajstić information content (AvgIpc) is 2.69. The van der Waals surface area contributed by atoms with Gasteiger partial charge in [0.2, 0.25) is 11.8 Å². The van der Waals surface area contributed by atoms with Crippen molar-refractivity contribution in [1.82, 2.24) is 20.4 Å². The molecular formula is C15H23ClN4O2. The lowest BCUT2D eigenvalue weighted by atomic mass is 10.2. The normalized spacial score (nSPS) is 11.2. The van der Waals surface area contributed by atoms with E-state index in [2.05, 4.69) is 29.6 Å². The van der Waals surface area contributed by atoms with E-state index in [0.29, 0.717) is 17.6 Å². The maximum atomic E-state index is 11.7. The Bertz CT molecular complexity index is 564. The summed E-state index contributed by atoms with van der Waals surface area (Å²) in [4.78, 5) is 22.9. The molecular weight excluding hydrogens is 304 g/mol. The van der Waals surface area contributed by atoms with Crippen molar-refractivity contribution < 1.29 is 9.59 Å². The Morgan fingerprint density at radius 1 is 1.36 bits per heavy atom. The largest absolute Gasteiger partial charge is 0.355 e. The highest BCUT2D eigenvalue weighted by Crippen LogP contribution is 2.22. The Kier molecular flexibility index (Phi) is 7.11. The lowest BCUT2D eigenvalue weighted by molar-refractivity contribution is -0.123. The zero-order valence-corrected chi connectivity index (χ0v) is 14.2. The molecule has 0 fully saturated rings. The zero-order valence-electron chi connectivity index (χ0n) is 13.4.